The van der Waals surface area contributed by atoms with Crippen molar-refractivity contribution in [2.24, 2.45) is 0 Å². The Bertz CT molecular complexity index is 745. The van der Waals surface area contributed by atoms with Crippen molar-refractivity contribution in [1.29, 1.82) is 0 Å². The summed E-state index contributed by atoms with van der Waals surface area (Å²) in [6.07, 6.45) is 6.64. The van der Waals surface area contributed by atoms with E-state index in [1.165, 1.54) is 6.07 Å². The van der Waals surface area contributed by atoms with E-state index >= 15 is 0 Å². The maximum Gasteiger partial charge on any atom is 0.173 e. The number of nitrogens with one attached hydrogen (secondary N) is 1. The third-order valence-corrected chi connectivity index (χ3v) is 3.32. The maximum atomic E-state index is 13.7. The number of hydrogen-bond acceptors (Lipinski definition) is 4. The van der Waals surface area contributed by atoms with Gasteiger partial charge < -0.3 is 5.32 Å². The van der Waals surface area contributed by atoms with Crippen molar-refractivity contribution in [3.8, 4) is 5.82 Å². The van der Waals surface area contributed by atoms with Crippen LogP contribution in [0.25, 0.3) is 5.82 Å². The van der Waals surface area contributed by atoms with E-state index in [9.17, 15) is 4.39 Å². The van der Waals surface area contributed by atoms with Crippen LogP contribution in [0.5, 0.6) is 0 Å². The molecule has 0 aliphatic carbocycles. The molecule has 106 valence electrons. The van der Waals surface area contributed by atoms with Gasteiger partial charge in [0, 0.05) is 29.0 Å². The maximum absolute atomic E-state index is 13.7. The third kappa shape index (κ3) is 3.25. The van der Waals surface area contributed by atoms with E-state index in [1.807, 2.05) is 0 Å². The Balaban J connectivity index is 1.76. The second-order valence-electron chi connectivity index (χ2n) is 4.30. The number of rotatable bonds is 4. The minimum atomic E-state index is -0.262. The zero-order valence-electron chi connectivity index (χ0n) is 10.9. The fraction of sp³-hybridized carbons (Fsp3) is 0.0714. The average Bonchev–Trinajstić information content (AvgIpc) is 3.03. The summed E-state index contributed by atoms with van der Waals surface area (Å²) in [5.41, 5.74) is 0.552. The number of halogens is 2. The Morgan fingerprint density at radius 3 is 3.00 bits per heavy atom. The molecule has 3 rings (SSSR count). The summed E-state index contributed by atoms with van der Waals surface area (Å²) >= 11 is 3.33. The predicted octanol–water partition coefficient (Wildman–Crippen LogP) is 3.18. The van der Waals surface area contributed by atoms with E-state index in [-0.39, 0.29) is 5.82 Å². The Kier molecular flexibility index (Phi) is 3.92. The highest BCUT2D eigenvalue weighted by Crippen LogP contribution is 2.16. The molecule has 0 saturated carbocycles. The van der Waals surface area contributed by atoms with Crippen LogP contribution in [0, 0.1) is 5.82 Å². The molecular weight excluding hydrogens is 337 g/mol. The largest absolute Gasteiger partial charge is 0.365 e. The number of nitrogens with zero attached hydrogens (tertiary/aromatic N) is 4. The normalized spacial score (nSPS) is 10.6. The van der Waals surface area contributed by atoms with Gasteiger partial charge in [0.2, 0.25) is 0 Å². The first-order valence-electron chi connectivity index (χ1n) is 6.22. The summed E-state index contributed by atoms with van der Waals surface area (Å²) in [5, 5.41) is 7.15. The summed E-state index contributed by atoms with van der Waals surface area (Å²) < 4.78 is 16.1. The molecule has 1 N–H and O–H groups in total. The van der Waals surface area contributed by atoms with Crippen molar-refractivity contribution in [1.82, 2.24) is 19.7 Å². The molecule has 21 heavy (non-hydrogen) atoms. The second-order valence-corrected chi connectivity index (χ2v) is 5.22. The van der Waals surface area contributed by atoms with Crippen molar-refractivity contribution in [3.05, 3.63) is 64.9 Å². The first-order valence-corrected chi connectivity index (χ1v) is 7.01. The van der Waals surface area contributed by atoms with Crippen LogP contribution in [0.1, 0.15) is 5.56 Å². The summed E-state index contributed by atoms with van der Waals surface area (Å²) in [6, 6.07) is 6.62. The van der Waals surface area contributed by atoms with E-state index < -0.39 is 0 Å². The van der Waals surface area contributed by atoms with Crippen molar-refractivity contribution in [2.45, 2.75) is 6.54 Å². The highest BCUT2D eigenvalue weighted by molar-refractivity contribution is 9.10. The van der Waals surface area contributed by atoms with Crippen LogP contribution in [0.3, 0.4) is 0 Å². The van der Waals surface area contributed by atoms with Crippen LogP contribution >= 0.6 is 15.9 Å². The Labute approximate surface area is 129 Å². The molecule has 0 unspecified atom stereocenters. The number of hydrogen-bond donors (Lipinski definition) is 1. The molecule has 0 bridgehead atoms. The molecule has 0 aliphatic rings. The summed E-state index contributed by atoms with van der Waals surface area (Å²) in [5.74, 6) is 0.893. The summed E-state index contributed by atoms with van der Waals surface area (Å²) in [7, 11) is 0. The molecule has 0 atom stereocenters. The minimum absolute atomic E-state index is 0.262. The molecule has 3 aromatic rings. The van der Waals surface area contributed by atoms with Gasteiger partial charge in [-0.2, -0.15) is 5.10 Å². The zero-order valence-corrected chi connectivity index (χ0v) is 12.5. The third-order valence-electron chi connectivity index (χ3n) is 2.83. The quantitative estimate of drug-likeness (QED) is 0.787. The highest BCUT2D eigenvalue weighted by atomic mass is 79.9. The van der Waals surface area contributed by atoms with Crippen LogP contribution in [-0.2, 0) is 6.54 Å². The van der Waals surface area contributed by atoms with Crippen molar-refractivity contribution in [3.63, 3.8) is 0 Å². The number of aromatic nitrogens is 4. The second kappa shape index (κ2) is 6.01. The van der Waals surface area contributed by atoms with Gasteiger partial charge >= 0.3 is 0 Å². The van der Waals surface area contributed by atoms with Crippen LogP contribution in [0.2, 0.25) is 0 Å². The number of benzene rings is 1. The minimum Gasteiger partial charge on any atom is -0.365 e. The summed E-state index contributed by atoms with van der Waals surface area (Å²) in [6.45, 7) is 0.322. The average molecular weight is 348 g/mol. The van der Waals surface area contributed by atoms with E-state index in [4.69, 9.17) is 0 Å². The van der Waals surface area contributed by atoms with Gasteiger partial charge in [-0.15, -0.1) is 0 Å². The lowest BCUT2D eigenvalue weighted by atomic mass is 10.2. The Hall–Kier alpha value is -2.28. The lowest BCUT2D eigenvalue weighted by Crippen LogP contribution is -2.06. The molecule has 2 heterocycles. The zero-order chi connectivity index (χ0) is 14.7. The standard InChI is InChI=1S/C14H11BrFN5/c15-11-2-3-12(16)10(6-11)7-18-13-8-17-9-14(20-13)21-5-1-4-19-21/h1-6,8-9H,7H2,(H,18,20). The lowest BCUT2D eigenvalue weighted by molar-refractivity contribution is 0.612. The van der Waals surface area contributed by atoms with Gasteiger partial charge in [0.1, 0.15) is 11.6 Å². The fourth-order valence-electron chi connectivity index (χ4n) is 1.82. The lowest BCUT2D eigenvalue weighted by Gasteiger charge is -2.08. The van der Waals surface area contributed by atoms with Gasteiger partial charge in [-0.05, 0) is 24.3 Å². The first-order chi connectivity index (χ1) is 10.2. The SMILES string of the molecule is Fc1ccc(Br)cc1CNc1cncc(-n2cccn2)n1. The molecule has 0 radical (unpaired) electrons. The van der Waals surface area contributed by atoms with Gasteiger partial charge in [-0.25, -0.2) is 14.1 Å². The van der Waals surface area contributed by atoms with Crippen LogP contribution in [0.4, 0.5) is 10.2 Å². The molecule has 5 nitrogen and oxygen atoms in total. The van der Waals surface area contributed by atoms with Crippen molar-refractivity contribution < 1.29 is 4.39 Å². The first kappa shape index (κ1) is 13.7. The van der Waals surface area contributed by atoms with Gasteiger partial charge in [0.25, 0.3) is 0 Å². The molecule has 1 aromatic carbocycles. The Morgan fingerprint density at radius 1 is 1.29 bits per heavy atom. The smallest absolute Gasteiger partial charge is 0.173 e. The molecule has 2 aromatic heterocycles. The Morgan fingerprint density at radius 2 is 2.19 bits per heavy atom. The van der Waals surface area contributed by atoms with Crippen molar-refractivity contribution >= 4 is 21.7 Å². The molecule has 0 saturated heterocycles. The van der Waals surface area contributed by atoms with Crippen LogP contribution in [0.15, 0.2) is 53.5 Å². The molecule has 7 heteroatoms. The van der Waals surface area contributed by atoms with E-state index in [2.05, 4.69) is 36.3 Å². The molecule has 0 fully saturated rings. The highest BCUT2D eigenvalue weighted by Gasteiger charge is 2.05. The monoisotopic (exact) mass is 347 g/mol. The van der Waals surface area contributed by atoms with E-state index in [1.54, 1.807) is 47.7 Å². The van der Waals surface area contributed by atoms with E-state index in [0.29, 0.717) is 23.7 Å². The number of anilines is 1. The van der Waals surface area contributed by atoms with Gasteiger partial charge in [0.15, 0.2) is 5.82 Å². The molecular formula is C14H11BrFN5. The molecule has 0 spiro atoms. The molecule has 0 amide bonds. The predicted molar refractivity (Wildman–Crippen MR) is 80.6 cm³/mol. The molecule has 0 aliphatic heterocycles. The fourth-order valence-corrected chi connectivity index (χ4v) is 2.23. The van der Waals surface area contributed by atoms with Gasteiger partial charge in [-0.3, -0.25) is 4.98 Å². The summed E-state index contributed by atoms with van der Waals surface area (Å²) in [4.78, 5) is 8.48. The van der Waals surface area contributed by atoms with Crippen LogP contribution in [-0.4, -0.2) is 19.7 Å². The van der Waals surface area contributed by atoms with Gasteiger partial charge in [-0.1, -0.05) is 15.9 Å². The van der Waals surface area contributed by atoms with Gasteiger partial charge in [0.05, 0.1) is 12.4 Å². The van der Waals surface area contributed by atoms with Crippen molar-refractivity contribution in [2.75, 3.05) is 5.32 Å². The van der Waals surface area contributed by atoms with E-state index in [0.717, 1.165) is 4.47 Å². The topological polar surface area (TPSA) is 55.6 Å². The van der Waals surface area contributed by atoms with Crippen LogP contribution < -0.4 is 5.32 Å².